The second-order valence-electron chi connectivity index (χ2n) is 4.56. The summed E-state index contributed by atoms with van der Waals surface area (Å²) < 4.78 is 0. The number of carboxylic acids is 1. The van der Waals surface area contributed by atoms with Gasteiger partial charge in [0.1, 0.15) is 6.04 Å². The number of carbonyl (C=O) groups is 2. The summed E-state index contributed by atoms with van der Waals surface area (Å²) in [7, 11) is 0. The van der Waals surface area contributed by atoms with E-state index in [9.17, 15) is 14.7 Å². The second kappa shape index (κ2) is 6.90. The van der Waals surface area contributed by atoms with Crippen LogP contribution in [-0.2, 0) is 11.2 Å². The van der Waals surface area contributed by atoms with Crippen LogP contribution in [0.25, 0.3) is 0 Å². The zero-order chi connectivity index (χ0) is 15.2. The molecule has 1 atom stereocenters. The largest absolute Gasteiger partial charge is 0.480 e. The summed E-state index contributed by atoms with van der Waals surface area (Å²) in [5.41, 5.74) is 1.22. The van der Waals surface area contributed by atoms with E-state index in [0.717, 1.165) is 5.56 Å². The summed E-state index contributed by atoms with van der Waals surface area (Å²) in [6.45, 7) is 0. The van der Waals surface area contributed by atoms with E-state index in [1.165, 1.54) is 0 Å². The first-order valence-corrected chi connectivity index (χ1v) is 6.77. The van der Waals surface area contributed by atoms with E-state index in [-0.39, 0.29) is 6.42 Å². The molecule has 1 amide bonds. The smallest absolute Gasteiger partial charge is 0.326 e. The van der Waals surface area contributed by atoms with Crippen molar-refractivity contribution in [2.45, 2.75) is 12.5 Å². The summed E-state index contributed by atoms with van der Waals surface area (Å²) in [5.74, 6) is -1.50. The zero-order valence-electron chi connectivity index (χ0n) is 11.1. The van der Waals surface area contributed by atoms with Crippen LogP contribution in [0.3, 0.4) is 0 Å². The Hall–Kier alpha value is -2.33. The first kappa shape index (κ1) is 15.1. The first-order chi connectivity index (χ1) is 10.1. The Morgan fingerprint density at radius 3 is 2.24 bits per heavy atom. The third kappa shape index (κ3) is 4.33. The minimum absolute atomic E-state index is 0.232. The minimum atomic E-state index is -1.07. The van der Waals surface area contributed by atoms with Crippen molar-refractivity contribution in [3.8, 4) is 0 Å². The van der Waals surface area contributed by atoms with Gasteiger partial charge in [-0.25, -0.2) is 4.79 Å². The van der Waals surface area contributed by atoms with E-state index < -0.39 is 17.9 Å². The van der Waals surface area contributed by atoms with Gasteiger partial charge >= 0.3 is 5.97 Å². The first-order valence-electron chi connectivity index (χ1n) is 6.39. The van der Waals surface area contributed by atoms with Crippen LogP contribution in [0.4, 0.5) is 0 Å². The third-order valence-corrected chi connectivity index (χ3v) is 3.24. The molecule has 2 aromatic carbocycles. The predicted octanol–water partition coefficient (Wildman–Crippen LogP) is 2.77. The van der Waals surface area contributed by atoms with E-state index in [1.807, 2.05) is 30.3 Å². The summed E-state index contributed by atoms with van der Waals surface area (Å²) in [6.07, 6.45) is 0.232. The van der Waals surface area contributed by atoms with Gasteiger partial charge in [0.15, 0.2) is 0 Å². The molecule has 0 spiro atoms. The highest BCUT2D eigenvalue weighted by Gasteiger charge is 2.20. The number of benzene rings is 2. The number of hydrogen-bond acceptors (Lipinski definition) is 2. The second-order valence-corrected chi connectivity index (χ2v) is 5.00. The van der Waals surface area contributed by atoms with E-state index in [0.29, 0.717) is 10.6 Å². The van der Waals surface area contributed by atoms with Crippen LogP contribution in [0.15, 0.2) is 54.6 Å². The van der Waals surface area contributed by atoms with Crippen LogP contribution >= 0.6 is 11.6 Å². The molecule has 0 aliphatic carbocycles. The highest BCUT2D eigenvalue weighted by atomic mass is 35.5. The highest BCUT2D eigenvalue weighted by Crippen LogP contribution is 2.10. The van der Waals surface area contributed by atoms with Crippen molar-refractivity contribution in [1.29, 1.82) is 0 Å². The number of carbonyl (C=O) groups excluding carboxylic acids is 1. The molecule has 0 heterocycles. The molecule has 2 aromatic rings. The molecular formula is C16H14ClNO3. The maximum atomic E-state index is 12.0. The van der Waals surface area contributed by atoms with Crippen LogP contribution in [0.1, 0.15) is 15.9 Å². The molecule has 0 fully saturated rings. The molecular weight excluding hydrogens is 290 g/mol. The Labute approximate surface area is 127 Å². The highest BCUT2D eigenvalue weighted by molar-refractivity contribution is 6.30. The van der Waals surface area contributed by atoms with Crippen LogP contribution < -0.4 is 5.32 Å². The number of carboxylic acid groups (broad SMARTS) is 1. The molecule has 0 saturated carbocycles. The van der Waals surface area contributed by atoms with Gasteiger partial charge in [-0.3, -0.25) is 4.79 Å². The molecule has 1 unspecified atom stereocenters. The van der Waals surface area contributed by atoms with E-state index in [4.69, 9.17) is 11.6 Å². The molecule has 0 radical (unpaired) electrons. The lowest BCUT2D eigenvalue weighted by Crippen LogP contribution is -2.42. The lowest BCUT2D eigenvalue weighted by molar-refractivity contribution is -0.139. The van der Waals surface area contributed by atoms with Crippen molar-refractivity contribution >= 4 is 23.5 Å². The maximum Gasteiger partial charge on any atom is 0.326 e. The molecule has 0 aliphatic rings. The van der Waals surface area contributed by atoms with Gasteiger partial charge in [-0.15, -0.1) is 0 Å². The summed E-state index contributed by atoms with van der Waals surface area (Å²) in [4.78, 5) is 23.3. The van der Waals surface area contributed by atoms with Gasteiger partial charge in [0.25, 0.3) is 5.91 Å². The van der Waals surface area contributed by atoms with Crippen molar-refractivity contribution in [2.24, 2.45) is 0 Å². The topological polar surface area (TPSA) is 66.4 Å². The van der Waals surface area contributed by atoms with Crippen molar-refractivity contribution in [1.82, 2.24) is 5.32 Å². The average Bonchev–Trinajstić information content (AvgIpc) is 2.48. The van der Waals surface area contributed by atoms with Gasteiger partial charge in [0, 0.05) is 17.0 Å². The Morgan fingerprint density at radius 1 is 1.05 bits per heavy atom. The van der Waals surface area contributed by atoms with Gasteiger partial charge in [0.2, 0.25) is 0 Å². The number of hydrogen-bond donors (Lipinski definition) is 2. The molecule has 0 bridgehead atoms. The summed E-state index contributed by atoms with van der Waals surface area (Å²) >= 11 is 5.75. The van der Waals surface area contributed by atoms with Crippen molar-refractivity contribution in [3.05, 3.63) is 70.7 Å². The van der Waals surface area contributed by atoms with E-state index >= 15 is 0 Å². The fourth-order valence-corrected chi connectivity index (χ4v) is 2.02. The Bertz CT molecular complexity index is 626. The molecule has 2 rings (SSSR count). The molecule has 21 heavy (non-hydrogen) atoms. The Kier molecular flexibility index (Phi) is 4.95. The molecule has 0 aliphatic heterocycles. The van der Waals surface area contributed by atoms with Gasteiger partial charge < -0.3 is 10.4 Å². The average molecular weight is 304 g/mol. The number of amides is 1. The zero-order valence-corrected chi connectivity index (χ0v) is 11.9. The third-order valence-electron chi connectivity index (χ3n) is 2.99. The summed E-state index contributed by atoms with van der Waals surface area (Å²) in [5, 5.41) is 12.3. The normalized spacial score (nSPS) is 11.7. The standard InChI is InChI=1S/C16H14ClNO3/c17-13-8-6-12(7-9-13)15(19)18-14(16(20)21)10-11-4-2-1-3-5-11/h1-9,14H,10H2,(H,18,19)(H,20,21). The van der Waals surface area contributed by atoms with Crippen LogP contribution in [0.5, 0.6) is 0 Å². The van der Waals surface area contributed by atoms with E-state index in [1.54, 1.807) is 24.3 Å². The van der Waals surface area contributed by atoms with Crippen molar-refractivity contribution in [2.75, 3.05) is 0 Å². The molecule has 4 nitrogen and oxygen atoms in total. The fraction of sp³-hybridized carbons (Fsp3) is 0.125. The Morgan fingerprint density at radius 2 is 1.67 bits per heavy atom. The van der Waals surface area contributed by atoms with Crippen LogP contribution in [0.2, 0.25) is 5.02 Å². The number of nitrogens with one attached hydrogen (secondary N) is 1. The van der Waals surface area contributed by atoms with Crippen molar-refractivity contribution < 1.29 is 14.7 Å². The molecule has 108 valence electrons. The molecule has 5 heteroatoms. The van der Waals surface area contributed by atoms with Crippen LogP contribution in [-0.4, -0.2) is 23.0 Å². The minimum Gasteiger partial charge on any atom is -0.480 e. The lowest BCUT2D eigenvalue weighted by Gasteiger charge is -2.14. The quantitative estimate of drug-likeness (QED) is 0.892. The van der Waals surface area contributed by atoms with Crippen molar-refractivity contribution in [3.63, 3.8) is 0 Å². The number of aliphatic carboxylic acids is 1. The molecule has 2 N–H and O–H groups in total. The van der Waals surface area contributed by atoms with Gasteiger partial charge in [-0.1, -0.05) is 41.9 Å². The predicted molar refractivity (Wildman–Crippen MR) is 80.5 cm³/mol. The fourth-order valence-electron chi connectivity index (χ4n) is 1.89. The van der Waals surface area contributed by atoms with Gasteiger partial charge in [0.05, 0.1) is 0 Å². The lowest BCUT2D eigenvalue weighted by atomic mass is 10.1. The van der Waals surface area contributed by atoms with Gasteiger partial charge in [-0.05, 0) is 29.8 Å². The molecule has 0 saturated heterocycles. The number of rotatable bonds is 5. The summed E-state index contributed by atoms with van der Waals surface area (Å²) in [6, 6.07) is 14.5. The SMILES string of the molecule is O=C(NC(Cc1ccccc1)C(=O)O)c1ccc(Cl)cc1. The van der Waals surface area contributed by atoms with Crippen LogP contribution in [0, 0.1) is 0 Å². The Balaban J connectivity index is 2.07. The number of halogens is 1. The maximum absolute atomic E-state index is 12.0. The monoisotopic (exact) mass is 303 g/mol. The molecule has 0 aromatic heterocycles. The van der Waals surface area contributed by atoms with Gasteiger partial charge in [-0.2, -0.15) is 0 Å². The van der Waals surface area contributed by atoms with E-state index in [2.05, 4.69) is 5.32 Å².